The Morgan fingerprint density at radius 1 is 1.36 bits per heavy atom. The van der Waals surface area contributed by atoms with Gasteiger partial charge in [0.2, 0.25) is 0 Å². The molecule has 0 saturated carbocycles. The Hall–Kier alpha value is -1.22. The Kier molecular flexibility index (Phi) is 3.40. The Labute approximate surface area is 69.7 Å². The minimum atomic E-state index is -1.18. The summed E-state index contributed by atoms with van der Waals surface area (Å²) in [4.78, 5) is 10.2. The molecule has 0 saturated heterocycles. The highest BCUT2D eigenvalue weighted by Crippen LogP contribution is 2.10. The van der Waals surface area contributed by atoms with Gasteiger partial charge in [0.1, 0.15) is 0 Å². The van der Waals surface area contributed by atoms with E-state index >= 15 is 0 Å². The second kappa shape index (κ2) is 3.83. The molecule has 0 radical (unpaired) electrons. The van der Waals surface area contributed by atoms with Gasteiger partial charge in [-0.15, -0.1) is 0 Å². The number of benzene rings is 1. The molecule has 0 bridgehead atoms. The summed E-state index contributed by atoms with van der Waals surface area (Å²) in [6.07, 6.45) is 0. The Morgan fingerprint density at radius 2 is 1.91 bits per heavy atom. The van der Waals surface area contributed by atoms with Crippen molar-refractivity contribution in [3.8, 4) is 5.75 Å². The molecule has 60 valence electrons. The predicted octanol–water partition coefficient (Wildman–Crippen LogP) is -0.0770. The molecule has 0 aliphatic rings. The van der Waals surface area contributed by atoms with Gasteiger partial charge in [-0.25, -0.2) is 4.79 Å². The van der Waals surface area contributed by atoms with Gasteiger partial charge in [0.25, 0.3) is 0 Å². The molecule has 0 unspecified atom stereocenters. The fourth-order valence-electron chi connectivity index (χ4n) is 0.643. The van der Waals surface area contributed by atoms with E-state index in [9.17, 15) is 9.90 Å². The largest absolute Gasteiger partial charge is 0.872 e. The molecule has 0 aliphatic heterocycles. The molecule has 0 aromatic heterocycles. The summed E-state index contributed by atoms with van der Waals surface area (Å²) in [5, 5.41) is 19.0. The number of rotatable bonds is 1. The lowest BCUT2D eigenvalue weighted by molar-refractivity contribution is -0.268. The zero-order valence-electron chi connectivity index (χ0n) is 5.52. The lowest BCUT2D eigenvalue weighted by Crippen LogP contribution is -2.02. The van der Waals surface area contributed by atoms with Crippen molar-refractivity contribution >= 4 is 5.97 Å². The summed E-state index contributed by atoms with van der Waals surface area (Å²) in [5.41, 5.74) is -0.178. The van der Waals surface area contributed by atoms with Crippen LogP contribution in [0, 0.1) is 12.4 Å². The zero-order valence-corrected chi connectivity index (χ0v) is 6.41. The molecule has 0 spiro atoms. The quantitative estimate of drug-likeness (QED) is 0.648. The average Bonchev–Trinajstić information content (AvgIpc) is 1.88. The lowest BCUT2D eigenvalue weighted by atomic mass is 10.2. The summed E-state index contributed by atoms with van der Waals surface area (Å²) in [6, 6.07) is 5.54. The molecule has 4 heteroatoms. The van der Waals surface area contributed by atoms with Crippen molar-refractivity contribution in [2.75, 3.05) is 0 Å². The van der Waals surface area contributed by atoms with Crippen LogP contribution < -0.4 is 5.11 Å². The maximum absolute atomic E-state index is 10.7. The van der Waals surface area contributed by atoms with Crippen molar-refractivity contribution < 1.29 is 27.4 Å². The van der Waals surface area contributed by atoms with E-state index in [-0.39, 0.29) is 18.0 Å². The van der Waals surface area contributed by atoms with Crippen LogP contribution in [0.1, 0.15) is 10.4 Å². The van der Waals surface area contributed by atoms with Gasteiger partial charge in [-0.2, -0.15) is 0 Å². The second-order valence-corrected chi connectivity index (χ2v) is 1.80. The predicted molar refractivity (Wildman–Crippen MR) is 35.6 cm³/mol. The van der Waals surface area contributed by atoms with Crippen LogP contribution in [-0.2, 0) is 0 Å². The van der Waals surface area contributed by atoms with Gasteiger partial charge < -0.3 is 10.2 Å². The summed E-state index contributed by atoms with van der Waals surface area (Å²) in [7, 11) is 0. The van der Waals surface area contributed by atoms with Crippen LogP contribution in [-0.4, -0.2) is 11.1 Å². The number of carbonyl (C=O) groups is 1. The third-order valence-corrected chi connectivity index (χ3v) is 1.12. The zero-order chi connectivity index (χ0) is 7.56. The highest BCUT2D eigenvalue weighted by molar-refractivity contribution is 5.90. The van der Waals surface area contributed by atoms with Crippen LogP contribution in [0.25, 0.3) is 0 Å². The highest BCUT2D eigenvalue weighted by atomic mass is 35.5. The fraction of sp³-hybridized carbons (Fsp3) is 0. The molecular formula is C7H7ClO3. The van der Waals surface area contributed by atoms with E-state index in [2.05, 4.69) is 0 Å². The number of aromatic carboxylic acids is 1. The Bertz CT molecular complexity index is 260. The van der Waals surface area contributed by atoms with Crippen LogP contribution in [0.4, 0.5) is 0 Å². The van der Waals surface area contributed by atoms with Crippen LogP contribution in [0.3, 0.4) is 0 Å². The van der Waals surface area contributed by atoms with Gasteiger partial charge in [0, 0.05) is 0 Å². The molecule has 1 aromatic carbocycles. The minimum absolute atomic E-state index is 0. The van der Waals surface area contributed by atoms with E-state index in [0.29, 0.717) is 0 Å². The van der Waals surface area contributed by atoms with Crippen molar-refractivity contribution in [1.29, 1.82) is 0 Å². The maximum atomic E-state index is 10.7. The molecule has 0 fully saturated rings. The van der Waals surface area contributed by atoms with E-state index < -0.39 is 11.7 Å². The van der Waals surface area contributed by atoms with Gasteiger partial charge >= 0.3 is 5.97 Å². The van der Waals surface area contributed by atoms with Crippen molar-refractivity contribution in [3.05, 3.63) is 29.8 Å². The molecule has 3 nitrogen and oxygen atoms in total. The van der Waals surface area contributed by atoms with Crippen molar-refractivity contribution in [2.24, 2.45) is 0 Å². The minimum Gasteiger partial charge on any atom is -0.872 e. The maximum Gasteiger partial charge on any atom is 0.335 e. The summed E-state index contributed by atoms with van der Waals surface area (Å²) < 4.78 is 0. The molecule has 0 amide bonds. The van der Waals surface area contributed by atoms with Crippen molar-refractivity contribution in [1.82, 2.24) is 0 Å². The molecule has 1 aromatic rings. The Balaban J connectivity index is 0.000001000. The monoisotopic (exact) mass is 174 g/mol. The van der Waals surface area contributed by atoms with E-state index in [1.807, 2.05) is 0 Å². The number of carboxylic acids is 1. The summed E-state index contributed by atoms with van der Waals surface area (Å²) in [5.74, 6) is -1.62. The first kappa shape index (κ1) is 9.78. The molecule has 0 heterocycles. The first-order valence-electron chi connectivity index (χ1n) is 2.71. The lowest BCUT2D eigenvalue weighted by Gasteiger charge is -2.07. The highest BCUT2D eigenvalue weighted by Gasteiger charge is 1.99. The van der Waals surface area contributed by atoms with Crippen LogP contribution in [0.5, 0.6) is 5.75 Å². The van der Waals surface area contributed by atoms with E-state index in [4.69, 9.17) is 5.11 Å². The standard InChI is InChI=1S/C7H6O3.ClH2/c8-6-4-2-1-3-5(6)7(9)10;/h1-4,8H,(H,9,10);1H2/q;+1/p-1. The number of carboxylic acid groups (broad SMARTS) is 1. The average molecular weight is 175 g/mol. The first-order chi connectivity index (χ1) is 4.72. The van der Waals surface area contributed by atoms with Gasteiger partial charge in [-0.3, -0.25) is 0 Å². The van der Waals surface area contributed by atoms with E-state index in [0.717, 1.165) is 0 Å². The van der Waals surface area contributed by atoms with E-state index in [1.165, 1.54) is 24.3 Å². The SMILES string of the molecule is O=C(O)c1ccccc1[O-].[ClH2+]. The van der Waals surface area contributed by atoms with Gasteiger partial charge in [0.05, 0.1) is 18.0 Å². The molecule has 11 heavy (non-hydrogen) atoms. The topological polar surface area (TPSA) is 60.4 Å². The number of hydrogen-bond donors (Lipinski definition) is 1. The van der Waals surface area contributed by atoms with Crippen molar-refractivity contribution in [3.63, 3.8) is 0 Å². The smallest absolute Gasteiger partial charge is 0.335 e. The van der Waals surface area contributed by atoms with Crippen LogP contribution in [0.2, 0.25) is 0 Å². The molecular weight excluding hydrogens is 168 g/mol. The fourth-order valence-corrected chi connectivity index (χ4v) is 0.643. The van der Waals surface area contributed by atoms with Crippen LogP contribution >= 0.6 is 0 Å². The summed E-state index contributed by atoms with van der Waals surface area (Å²) in [6.45, 7) is 0. The first-order valence-corrected chi connectivity index (χ1v) is 2.71. The number of hydrogen-bond acceptors (Lipinski definition) is 2. The molecule has 0 aliphatic carbocycles. The number of para-hydroxylation sites is 1. The van der Waals surface area contributed by atoms with Gasteiger partial charge in [0.15, 0.2) is 0 Å². The second-order valence-electron chi connectivity index (χ2n) is 1.80. The molecule has 0 atom stereocenters. The Morgan fingerprint density at radius 3 is 2.27 bits per heavy atom. The van der Waals surface area contributed by atoms with Gasteiger partial charge in [-0.1, -0.05) is 23.9 Å². The molecule has 1 N–H and O–H groups in total. The normalized spacial score (nSPS) is 8.36. The van der Waals surface area contributed by atoms with Crippen LogP contribution in [0.15, 0.2) is 24.3 Å². The molecule has 1 rings (SSSR count). The number of halogens is 1. The van der Waals surface area contributed by atoms with Gasteiger partial charge in [-0.05, 0) is 6.07 Å². The van der Waals surface area contributed by atoms with Crippen molar-refractivity contribution in [2.45, 2.75) is 0 Å². The summed E-state index contributed by atoms with van der Waals surface area (Å²) >= 11 is 0. The third kappa shape index (κ3) is 2.13. The third-order valence-electron chi connectivity index (χ3n) is 1.12. The van der Waals surface area contributed by atoms with E-state index in [1.54, 1.807) is 0 Å².